The van der Waals surface area contributed by atoms with E-state index in [0.717, 1.165) is 17.6 Å². The van der Waals surface area contributed by atoms with Gasteiger partial charge in [-0.1, -0.05) is 0 Å². The summed E-state index contributed by atoms with van der Waals surface area (Å²) in [6.07, 6.45) is 0. The molecule has 1 aromatic carbocycles. The molecule has 0 aliphatic heterocycles. The van der Waals surface area contributed by atoms with Crippen molar-refractivity contribution in [2.45, 2.75) is 0 Å². The molecule has 0 bridgehead atoms. The maximum atomic E-state index is 12.9. The zero-order valence-corrected chi connectivity index (χ0v) is 7.75. The van der Waals surface area contributed by atoms with Crippen molar-refractivity contribution in [3.63, 3.8) is 0 Å². The molecule has 0 amide bonds. The lowest BCUT2D eigenvalue weighted by atomic mass is 10.2. The summed E-state index contributed by atoms with van der Waals surface area (Å²) < 4.78 is 16.8. The Morgan fingerprint density at radius 2 is 2.14 bits per heavy atom. The van der Waals surface area contributed by atoms with Crippen LogP contribution in [0.2, 0.25) is 0 Å². The molecule has 0 radical (unpaired) electrons. The van der Waals surface area contributed by atoms with E-state index in [4.69, 9.17) is 10.8 Å². The highest BCUT2D eigenvalue weighted by Crippen LogP contribution is 2.24. The number of aromatic nitrogens is 2. The third kappa shape index (κ3) is 1.64. The van der Waals surface area contributed by atoms with Gasteiger partial charge >= 0.3 is 0 Å². The fraction of sp³-hybridized carbons (Fsp3) is 0. The van der Waals surface area contributed by atoms with E-state index in [-0.39, 0.29) is 5.75 Å². The summed E-state index contributed by atoms with van der Waals surface area (Å²) in [5.74, 6) is -0.371. The molecule has 6 heteroatoms. The van der Waals surface area contributed by atoms with Gasteiger partial charge in [-0.05, 0) is 12.1 Å². The summed E-state index contributed by atoms with van der Waals surface area (Å²) in [6, 6.07) is 3.63. The Morgan fingerprint density at radius 3 is 2.71 bits per heavy atom. The van der Waals surface area contributed by atoms with Gasteiger partial charge in [-0.3, -0.25) is 0 Å². The Kier molecular flexibility index (Phi) is 2.05. The van der Waals surface area contributed by atoms with Gasteiger partial charge in [0.2, 0.25) is 0 Å². The molecule has 72 valence electrons. The van der Waals surface area contributed by atoms with E-state index in [1.807, 2.05) is 0 Å². The molecule has 2 rings (SSSR count). The number of hydrogen-bond acceptors (Lipinski definition) is 5. The van der Waals surface area contributed by atoms with E-state index >= 15 is 0 Å². The van der Waals surface area contributed by atoms with Gasteiger partial charge in [-0.25, -0.2) is 4.39 Å². The molecule has 14 heavy (non-hydrogen) atoms. The third-order valence-electron chi connectivity index (χ3n) is 1.58. The predicted octanol–water partition coefficient (Wildman–Crippen LogP) is 1.63. The van der Waals surface area contributed by atoms with Gasteiger partial charge in [-0.15, -0.1) is 0 Å². The second kappa shape index (κ2) is 3.22. The molecule has 0 saturated carbocycles. The van der Waals surface area contributed by atoms with Crippen LogP contribution in [0, 0.1) is 5.82 Å². The molecule has 0 aliphatic rings. The molecule has 2 aromatic rings. The van der Waals surface area contributed by atoms with Crippen LogP contribution in [0.15, 0.2) is 18.2 Å². The fourth-order valence-electron chi connectivity index (χ4n) is 1.06. The first kappa shape index (κ1) is 8.89. The third-order valence-corrected chi connectivity index (χ3v) is 2.13. The average Bonchev–Trinajstić information content (AvgIpc) is 2.50. The van der Waals surface area contributed by atoms with Crippen molar-refractivity contribution in [1.82, 2.24) is 9.36 Å². The number of rotatable bonds is 1. The Hall–Kier alpha value is -1.69. The molecular formula is C8H6FN3OS. The lowest BCUT2D eigenvalue weighted by Crippen LogP contribution is -1.85. The molecule has 0 fully saturated rings. The van der Waals surface area contributed by atoms with Crippen molar-refractivity contribution < 1.29 is 9.50 Å². The Balaban J connectivity index is 2.51. The quantitative estimate of drug-likeness (QED) is 0.752. The monoisotopic (exact) mass is 211 g/mol. The smallest absolute Gasteiger partial charge is 0.200 e. The molecule has 1 aromatic heterocycles. The van der Waals surface area contributed by atoms with Crippen molar-refractivity contribution >= 4 is 16.7 Å². The van der Waals surface area contributed by atoms with Gasteiger partial charge in [0.15, 0.2) is 11.0 Å². The summed E-state index contributed by atoms with van der Waals surface area (Å²) >= 11 is 1.02. The van der Waals surface area contributed by atoms with Gasteiger partial charge < -0.3 is 10.8 Å². The van der Waals surface area contributed by atoms with Gasteiger partial charge in [-0.2, -0.15) is 9.36 Å². The number of nitrogen functional groups attached to an aromatic ring is 1. The zero-order valence-electron chi connectivity index (χ0n) is 6.94. The van der Waals surface area contributed by atoms with Crippen molar-refractivity contribution in [2.24, 2.45) is 0 Å². The second-order valence-electron chi connectivity index (χ2n) is 2.65. The van der Waals surface area contributed by atoms with E-state index in [2.05, 4.69) is 9.36 Å². The fourth-order valence-corrected chi connectivity index (χ4v) is 1.51. The first-order valence-electron chi connectivity index (χ1n) is 3.74. The number of phenols is 1. The summed E-state index contributed by atoms with van der Waals surface area (Å²) in [7, 11) is 0. The minimum atomic E-state index is -0.534. The molecule has 0 spiro atoms. The number of hydrogen-bond donors (Lipinski definition) is 2. The highest BCUT2D eigenvalue weighted by molar-refractivity contribution is 7.09. The molecular weight excluding hydrogens is 205 g/mol. The SMILES string of the molecule is Nc1nc(-c2cc(O)cc(F)c2)ns1. The van der Waals surface area contributed by atoms with E-state index < -0.39 is 5.82 Å². The van der Waals surface area contributed by atoms with Crippen molar-refractivity contribution in [3.05, 3.63) is 24.0 Å². The number of nitrogens with zero attached hydrogens (tertiary/aromatic N) is 2. The number of halogens is 1. The van der Waals surface area contributed by atoms with Crippen LogP contribution < -0.4 is 5.73 Å². The zero-order chi connectivity index (χ0) is 10.1. The first-order chi connectivity index (χ1) is 6.65. The van der Waals surface area contributed by atoms with Crippen LogP contribution in [0.1, 0.15) is 0 Å². The number of anilines is 1. The average molecular weight is 211 g/mol. The highest BCUT2D eigenvalue weighted by Gasteiger charge is 2.07. The van der Waals surface area contributed by atoms with Crippen molar-refractivity contribution in [1.29, 1.82) is 0 Å². The van der Waals surface area contributed by atoms with Gasteiger partial charge in [0, 0.05) is 23.2 Å². The summed E-state index contributed by atoms with van der Waals surface area (Å²) in [5, 5.41) is 9.45. The molecule has 1 heterocycles. The lowest BCUT2D eigenvalue weighted by molar-refractivity contribution is 0.469. The normalized spacial score (nSPS) is 10.4. The lowest BCUT2D eigenvalue weighted by Gasteiger charge is -1.97. The van der Waals surface area contributed by atoms with Gasteiger partial charge in [0.25, 0.3) is 0 Å². The molecule has 0 unspecified atom stereocenters. The second-order valence-corrected chi connectivity index (χ2v) is 3.44. The first-order valence-corrected chi connectivity index (χ1v) is 4.51. The number of nitrogens with two attached hydrogens (primary N) is 1. The van der Waals surface area contributed by atoms with E-state index in [9.17, 15) is 4.39 Å². The molecule has 3 N–H and O–H groups in total. The maximum absolute atomic E-state index is 12.9. The topological polar surface area (TPSA) is 72.0 Å². The standard InChI is InChI=1S/C8H6FN3OS/c9-5-1-4(2-6(13)3-5)7-11-8(10)14-12-7/h1-3,13H,(H2,10,11,12). The van der Waals surface area contributed by atoms with Crippen LogP contribution in [-0.4, -0.2) is 14.5 Å². The number of benzene rings is 1. The Bertz CT molecular complexity index is 451. The van der Waals surface area contributed by atoms with Crippen molar-refractivity contribution in [2.75, 3.05) is 5.73 Å². The van der Waals surface area contributed by atoms with E-state index in [1.165, 1.54) is 12.1 Å². The predicted molar refractivity (Wildman–Crippen MR) is 51.4 cm³/mol. The summed E-state index contributed by atoms with van der Waals surface area (Å²) in [6.45, 7) is 0. The highest BCUT2D eigenvalue weighted by atomic mass is 32.1. The molecule has 0 saturated heterocycles. The molecule has 4 nitrogen and oxygen atoms in total. The number of aromatic hydroxyl groups is 1. The largest absolute Gasteiger partial charge is 0.508 e. The van der Waals surface area contributed by atoms with Crippen LogP contribution in [0.4, 0.5) is 9.52 Å². The van der Waals surface area contributed by atoms with Gasteiger partial charge in [0.05, 0.1) is 0 Å². The minimum absolute atomic E-state index is 0.159. The Morgan fingerprint density at radius 1 is 1.36 bits per heavy atom. The van der Waals surface area contributed by atoms with Crippen LogP contribution >= 0.6 is 11.5 Å². The summed E-state index contributed by atoms with van der Waals surface area (Å²) in [5.41, 5.74) is 5.79. The molecule has 0 atom stereocenters. The minimum Gasteiger partial charge on any atom is -0.508 e. The van der Waals surface area contributed by atoms with Gasteiger partial charge in [0.1, 0.15) is 11.6 Å². The summed E-state index contributed by atoms with van der Waals surface area (Å²) in [4.78, 5) is 3.87. The van der Waals surface area contributed by atoms with E-state index in [1.54, 1.807) is 0 Å². The Labute approximate surface area is 83.0 Å². The molecule has 0 aliphatic carbocycles. The van der Waals surface area contributed by atoms with Crippen LogP contribution in [0.5, 0.6) is 5.75 Å². The van der Waals surface area contributed by atoms with Crippen LogP contribution in [-0.2, 0) is 0 Å². The van der Waals surface area contributed by atoms with Crippen LogP contribution in [0.25, 0.3) is 11.4 Å². The van der Waals surface area contributed by atoms with E-state index in [0.29, 0.717) is 16.5 Å². The van der Waals surface area contributed by atoms with Crippen molar-refractivity contribution in [3.8, 4) is 17.1 Å². The maximum Gasteiger partial charge on any atom is 0.200 e. The van der Waals surface area contributed by atoms with Crippen LogP contribution in [0.3, 0.4) is 0 Å². The number of phenolic OH excluding ortho intramolecular Hbond substituents is 1.